The summed E-state index contributed by atoms with van der Waals surface area (Å²) in [5.41, 5.74) is 0.215. The van der Waals surface area contributed by atoms with Crippen LogP contribution >= 0.6 is 0 Å². The molecule has 0 aliphatic carbocycles. The number of benzene rings is 1. The molecule has 0 bridgehead atoms. The average Bonchev–Trinajstić information content (AvgIpc) is 2.21. The molecular formula is C11H10F5NO. The number of ketones is 1. The van der Waals surface area contributed by atoms with Gasteiger partial charge >= 0.3 is 6.18 Å². The fourth-order valence-electron chi connectivity index (χ4n) is 1.28. The summed E-state index contributed by atoms with van der Waals surface area (Å²) in [7, 11) is 0. The van der Waals surface area contributed by atoms with Crippen LogP contribution in [0.15, 0.2) is 18.2 Å². The third kappa shape index (κ3) is 5.22. The number of Topliss-reactive ketones (excluding diaryl/α,β-unsaturated/α-hetero) is 1. The van der Waals surface area contributed by atoms with E-state index in [1.807, 2.05) is 5.32 Å². The summed E-state index contributed by atoms with van der Waals surface area (Å²) < 4.78 is 60.7. The molecule has 18 heavy (non-hydrogen) atoms. The number of nitrogens with one attached hydrogen (secondary N) is 1. The van der Waals surface area contributed by atoms with Gasteiger partial charge in [0.05, 0.1) is 13.1 Å². The van der Waals surface area contributed by atoms with Gasteiger partial charge < -0.3 is 5.32 Å². The van der Waals surface area contributed by atoms with Gasteiger partial charge in [-0.05, 0) is 17.7 Å². The highest BCUT2D eigenvalue weighted by Crippen LogP contribution is 2.12. The Labute approximate surface area is 99.8 Å². The lowest BCUT2D eigenvalue weighted by Crippen LogP contribution is -2.33. The first-order valence-electron chi connectivity index (χ1n) is 5.01. The second-order valence-electron chi connectivity index (χ2n) is 3.68. The van der Waals surface area contributed by atoms with E-state index < -0.39 is 36.7 Å². The van der Waals surface area contributed by atoms with E-state index in [9.17, 15) is 26.7 Å². The maximum atomic E-state index is 12.8. The molecule has 1 N–H and O–H groups in total. The lowest BCUT2D eigenvalue weighted by Gasteiger charge is -2.07. The predicted molar refractivity (Wildman–Crippen MR) is 54.0 cm³/mol. The highest BCUT2D eigenvalue weighted by Gasteiger charge is 2.26. The second kappa shape index (κ2) is 5.90. The van der Waals surface area contributed by atoms with Crippen LogP contribution in [0.2, 0.25) is 0 Å². The van der Waals surface area contributed by atoms with Crippen molar-refractivity contribution in [3.8, 4) is 0 Å². The number of carbonyl (C=O) groups excluding carboxylic acids is 1. The lowest BCUT2D eigenvalue weighted by molar-refractivity contribution is -0.127. The third-order valence-electron chi connectivity index (χ3n) is 2.03. The van der Waals surface area contributed by atoms with Gasteiger partial charge in [-0.15, -0.1) is 0 Å². The van der Waals surface area contributed by atoms with Gasteiger partial charge in [0.25, 0.3) is 0 Å². The molecule has 0 unspecified atom stereocenters. The largest absolute Gasteiger partial charge is 0.401 e. The summed E-state index contributed by atoms with van der Waals surface area (Å²) >= 11 is 0. The van der Waals surface area contributed by atoms with Gasteiger partial charge in [-0.3, -0.25) is 4.79 Å². The van der Waals surface area contributed by atoms with Crippen molar-refractivity contribution < 1.29 is 26.7 Å². The van der Waals surface area contributed by atoms with Crippen LogP contribution in [-0.2, 0) is 11.2 Å². The number of halogens is 5. The van der Waals surface area contributed by atoms with Crippen LogP contribution in [0, 0.1) is 11.6 Å². The lowest BCUT2D eigenvalue weighted by atomic mass is 10.1. The summed E-state index contributed by atoms with van der Waals surface area (Å²) in [6.45, 7) is -1.74. The Bertz CT molecular complexity index is 430. The smallest absolute Gasteiger partial charge is 0.302 e. The maximum Gasteiger partial charge on any atom is 0.401 e. The average molecular weight is 267 g/mol. The van der Waals surface area contributed by atoms with Crippen LogP contribution in [0.25, 0.3) is 0 Å². The van der Waals surface area contributed by atoms with E-state index in [0.29, 0.717) is 0 Å². The molecule has 0 fully saturated rings. The van der Waals surface area contributed by atoms with Gasteiger partial charge in [-0.1, -0.05) is 6.07 Å². The van der Waals surface area contributed by atoms with Crippen molar-refractivity contribution in [2.45, 2.75) is 12.6 Å². The van der Waals surface area contributed by atoms with Crippen LogP contribution in [-0.4, -0.2) is 25.0 Å². The molecule has 0 amide bonds. The van der Waals surface area contributed by atoms with Gasteiger partial charge in [0.15, 0.2) is 17.4 Å². The van der Waals surface area contributed by atoms with Crippen molar-refractivity contribution in [1.29, 1.82) is 0 Å². The van der Waals surface area contributed by atoms with E-state index in [-0.39, 0.29) is 12.0 Å². The zero-order valence-corrected chi connectivity index (χ0v) is 9.15. The Morgan fingerprint density at radius 2 is 1.83 bits per heavy atom. The van der Waals surface area contributed by atoms with E-state index in [1.165, 1.54) is 6.07 Å². The van der Waals surface area contributed by atoms with Crippen LogP contribution in [0.3, 0.4) is 0 Å². The molecule has 0 spiro atoms. The first-order chi connectivity index (χ1) is 8.28. The summed E-state index contributed by atoms with van der Waals surface area (Å²) in [5.74, 6) is -2.67. The molecule has 0 saturated heterocycles. The molecule has 1 aromatic rings. The summed E-state index contributed by atoms with van der Waals surface area (Å²) in [5, 5.41) is 1.93. The van der Waals surface area contributed by atoms with Crippen LogP contribution in [0.1, 0.15) is 5.56 Å². The van der Waals surface area contributed by atoms with E-state index >= 15 is 0 Å². The minimum atomic E-state index is -4.39. The molecule has 100 valence electrons. The van der Waals surface area contributed by atoms with E-state index in [2.05, 4.69) is 0 Å². The molecule has 2 nitrogen and oxygen atoms in total. The molecule has 0 atom stereocenters. The monoisotopic (exact) mass is 267 g/mol. The Balaban J connectivity index is 2.42. The fourth-order valence-corrected chi connectivity index (χ4v) is 1.28. The summed E-state index contributed by atoms with van der Waals surface area (Å²) in [6.07, 6.45) is -4.63. The summed E-state index contributed by atoms with van der Waals surface area (Å²) in [4.78, 5) is 11.2. The van der Waals surface area contributed by atoms with Gasteiger partial charge in [0, 0.05) is 6.42 Å². The molecule has 7 heteroatoms. The van der Waals surface area contributed by atoms with E-state index in [0.717, 1.165) is 12.1 Å². The molecular weight excluding hydrogens is 257 g/mol. The quantitative estimate of drug-likeness (QED) is 0.829. The molecule has 0 heterocycles. The van der Waals surface area contributed by atoms with Crippen molar-refractivity contribution >= 4 is 5.78 Å². The van der Waals surface area contributed by atoms with Gasteiger partial charge in [0.2, 0.25) is 0 Å². The summed E-state index contributed by atoms with van der Waals surface area (Å²) in [6, 6.07) is 2.91. The van der Waals surface area contributed by atoms with Crippen LogP contribution in [0.4, 0.5) is 22.0 Å². The normalized spacial score (nSPS) is 11.6. The first-order valence-corrected chi connectivity index (χ1v) is 5.01. The maximum absolute atomic E-state index is 12.8. The zero-order chi connectivity index (χ0) is 13.8. The van der Waals surface area contributed by atoms with E-state index in [4.69, 9.17) is 0 Å². The molecule has 0 aromatic heterocycles. The molecule has 0 radical (unpaired) electrons. The van der Waals surface area contributed by atoms with Gasteiger partial charge in [0.1, 0.15) is 0 Å². The molecule has 0 aliphatic rings. The van der Waals surface area contributed by atoms with Gasteiger partial charge in [-0.25, -0.2) is 8.78 Å². The van der Waals surface area contributed by atoms with Crippen molar-refractivity contribution in [3.05, 3.63) is 35.4 Å². The topological polar surface area (TPSA) is 29.1 Å². The number of hydrogen-bond acceptors (Lipinski definition) is 2. The highest BCUT2D eigenvalue weighted by atomic mass is 19.4. The zero-order valence-electron chi connectivity index (χ0n) is 9.15. The van der Waals surface area contributed by atoms with E-state index in [1.54, 1.807) is 0 Å². The molecule has 1 rings (SSSR count). The Kier molecular flexibility index (Phi) is 4.77. The highest BCUT2D eigenvalue weighted by molar-refractivity contribution is 5.82. The second-order valence-corrected chi connectivity index (χ2v) is 3.68. The molecule has 0 aliphatic heterocycles. The van der Waals surface area contributed by atoms with Crippen molar-refractivity contribution in [1.82, 2.24) is 5.32 Å². The number of carbonyl (C=O) groups is 1. The number of alkyl halides is 3. The standard InChI is InChI=1S/C11H10F5NO/c12-9-2-1-7(4-10(9)13)3-8(18)5-17-6-11(14,15)16/h1-2,4,17H,3,5-6H2. The van der Waals surface area contributed by atoms with Gasteiger partial charge in [-0.2, -0.15) is 13.2 Å². The third-order valence-corrected chi connectivity index (χ3v) is 2.03. The fraction of sp³-hybridized carbons (Fsp3) is 0.364. The van der Waals surface area contributed by atoms with Crippen LogP contribution < -0.4 is 5.32 Å². The number of rotatable bonds is 5. The minimum absolute atomic E-state index is 0.215. The first kappa shape index (κ1) is 14.6. The molecule has 0 saturated carbocycles. The van der Waals surface area contributed by atoms with Crippen molar-refractivity contribution in [2.24, 2.45) is 0 Å². The van der Waals surface area contributed by atoms with Crippen LogP contribution in [0.5, 0.6) is 0 Å². The number of hydrogen-bond donors (Lipinski definition) is 1. The SMILES string of the molecule is O=C(CNCC(F)(F)F)Cc1ccc(F)c(F)c1. The van der Waals surface area contributed by atoms with Crippen molar-refractivity contribution in [3.63, 3.8) is 0 Å². The molecule has 1 aromatic carbocycles. The predicted octanol–water partition coefficient (Wildman–Crippen LogP) is 2.23. The Morgan fingerprint density at radius 1 is 1.17 bits per heavy atom. The minimum Gasteiger partial charge on any atom is -0.302 e. The van der Waals surface area contributed by atoms with Crippen molar-refractivity contribution in [2.75, 3.05) is 13.1 Å². The Morgan fingerprint density at radius 3 is 2.39 bits per heavy atom. The Hall–Kier alpha value is -1.50.